The molecule has 1 N–H and O–H groups in total. The van der Waals surface area contributed by atoms with Crippen LogP contribution in [0.1, 0.15) is 71.6 Å². The molecule has 0 fully saturated rings. The second kappa shape index (κ2) is 12.2. The van der Waals surface area contributed by atoms with Gasteiger partial charge in [0.15, 0.2) is 0 Å². The summed E-state index contributed by atoms with van der Waals surface area (Å²) >= 11 is 5.82. The second-order valence-electron chi connectivity index (χ2n) is 4.79. The Labute approximate surface area is 111 Å². The molecule has 0 aromatic heterocycles. The van der Waals surface area contributed by atoms with Gasteiger partial charge in [-0.2, -0.15) is 0 Å². The molecule has 0 heterocycles. The van der Waals surface area contributed by atoms with Crippen molar-refractivity contribution >= 4 is 17.5 Å². The van der Waals surface area contributed by atoms with Gasteiger partial charge in [-0.15, -0.1) is 11.6 Å². The molecule has 1 atom stereocenters. The largest absolute Gasteiger partial charge is 0.356 e. The number of alkyl halides is 1. The number of hydrogen-bond acceptors (Lipinski definition) is 1. The van der Waals surface area contributed by atoms with E-state index in [0.29, 0.717) is 6.42 Å². The third-order valence-corrected chi connectivity index (χ3v) is 3.08. The molecule has 0 aliphatic heterocycles. The van der Waals surface area contributed by atoms with Crippen molar-refractivity contribution in [1.29, 1.82) is 0 Å². The zero-order valence-corrected chi connectivity index (χ0v) is 12.2. The van der Waals surface area contributed by atoms with E-state index in [1.807, 2.05) is 6.92 Å². The first-order valence-electron chi connectivity index (χ1n) is 7.07. The third-order valence-electron chi connectivity index (χ3n) is 2.86. The maximum atomic E-state index is 11.4. The van der Waals surface area contributed by atoms with Crippen LogP contribution >= 0.6 is 11.6 Å². The number of rotatable bonds is 11. The molecular formula is C14H28ClNO. The summed E-state index contributed by atoms with van der Waals surface area (Å²) in [6, 6.07) is 0. The van der Waals surface area contributed by atoms with Crippen LogP contribution in [0.4, 0.5) is 0 Å². The molecule has 102 valence electrons. The summed E-state index contributed by atoms with van der Waals surface area (Å²) in [4.78, 5) is 11.4. The van der Waals surface area contributed by atoms with Crippen LogP contribution < -0.4 is 5.32 Å². The van der Waals surface area contributed by atoms with Crippen LogP contribution in [0.2, 0.25) is 0 Å². The second-order valence-corrected chi connectivity index (χ2v) is 5.54. The Bertz CT molecular complexity index is 183. The number of hydrogen-bond donors (Lipinski definition) is 1. The van der Waals surface area contributed by atoms with E-state index >= 15 is 0 Å². The lowest BCUT2D eigenvalue weighted by atomic mass is 10.1. The molecule has 0 radical (unpaired) electrons. The zero-order chi connectivity index (χ0) is 12.9. The molecule has 0 saturated heterocycles. The maximum Gasteiger partial charge on any atom is 0.219 e. The van der Waals surface area contributed by atoms with Crippen molar-refractivity contribution in [3.8, 4) is 0 Å². The molecular weight excluding hydrogens is 234 g/mol. The van der Waals surface area contributed by atoms with Crippen molar-refractivity contribution in [2.45, 2.75) is 77.0 Å². The Morgan fingerprint density at radius 1 is 1.12 bits per heavy atom. The van der Waals surface area contributed by atoms with E-state index in [-0.39, 0.29) is 11.3 Å². The minimum absolute atomic E-state index is 0.197. The number of amides is 1. The average Bonchev–Trinajstić information content (AvgIpc) is 2.29. The van der Waals surface area contributed by atoms with Crippen molar-refractivity contribution in [2.24, 2.45) is 0 Å². The highest BCUT2D eigenvalue weighted by atomic mass is 35.5. The summed E-state index contributed by atoms with van der Waals surface area (Å²) in [5.74, 6) is 0.197. The third kappa shape index (κ3) is 13.7. The van der Waals surface area contributed by atoms with Crippen molar-refractivity contribution in [3.63, 3.8) is 0 Å². The van der Waals surface area contributed by atoms with Gasteiger partial charge >= 0.3 is 0 Å². The smallest absolute Gasteiger partial charge is 0.219 e. The van der Waals surface area contributed by atoms with Gasteiger partial charge in [-0.3, -0.25) is 4.79 Å². The fourth-order valence-electron chi connectivity index (χ4n) is 1.77. The molecule has 0 bridgehead atoms. The van der Waals surface area contributed by atoms with Gasteiger partial charge in [0.25, 0.3) is 0 Å². The molecule has 3 heteroatoms. The topological polar surface area (TPSA) is 29.1 Å². The Balaban J connectivity index is 3.18. The van der Waals surface area contributed by atoms with Crippen LogP contribution in [0.25, 0.3) is 0 Å². The molecule has 0 saturated carbocycles. The average molecular weight is 262 g/mol. The Morgan fingerprint density at radius 2 is 1.76 bits per heavy atom. The van der Waals surface area contributed by atoms with Gasteiger partial charge in [-0.25, -0.2) is 0 Å². The fourth-order valence-corrected chi connectivity index (χ4v) is 1.92. The SMILES string of the molecule is CCCCCCCCC(=O)NCCCC(C)Cl. The van der Waals surface area contributed by atoms with Gasteiger partial charge in [0.2, 0.25) is 5.91 Å². The lowest BCUT2D eigenvalue weighted by Gasteiger charge is -2.06. The lowest BCUT2D eigenvalue weighted by Crippen LogP contribution is -2.24. The maximum absolute atomic E-state index is 11.4. The molecule has 0 aromatic rings. The minimum atomic E-state index is 0.197. The van der Waals surface area contributed by atoms with Crippen LogP contribution in [0.3, 0.4) is 0 Å². The van der Waals surface area contributed by atoms with E-state index < -0.39 is 0 Å². The summed E-state index contributed by atoms with van der Waals surface area (Å²) in [6.45, 7) is 4.97. The number of carbonyl (C=O) groups is 1. The molecule has 1 unspecified atom stereocenters. The fraction of sp³-hybridized carbons (Fsp3) is 0.929. The van der Waals surface area contributed by atoms with Gasteiger partial charge in [0, 0.05) is 18.3 Å². The Morgan fingerprint density at radius 3 is 2.41 bits per heavy atom. The predicted octanol–water partition coefficient (Wildman–Crippen LogP) is 4.26. The van der Waals surface area contributed by atoms with E-state index in [0.717, 1.165) is 25.8 Å². The van der Waals surface area contributed by atoms with Gasteiger partial charge in [-0.05, 0) is 26.2 Å². The summed E-state index contributed by atoms with van der Waals surface area (Å²) in [5.41, 5.74) is 0. The Kier molecular flexibility index (Phi) is 12.1. The van der Waals surface area contributed by atoms with Crippen LogP contribution in [-0.2, 0) is 4.79 Å². The molecule has 0 rings (SSSR count). The summed E-state index contributed by atoms with van der Waals surface area (Å²) in [6.07, 6.45) is 10.0. The van der Waals surface area contributed by atoms with Gasteiger partial charge in [0.05, 0.1) is 0 Å². The number of halogens is 1. The van der Waals surface area contributed by atoms with E-state index in [4.69, 9.17) is 11.6 Å². The number of unbranched alkanes of at least 4 members (excludes halogenated alkanes) is 5. The van der Waals surface area contributed by atoms with Crippen molar-refractivity contribution in [3.05, 3.63) is 0 Å². The van der Waals surface area contributed by atoms with Crippen molar-refractivity contribution in [1.82, 2.24) is 5.32 Å². The van der Waals surface area contributed by atoms with E-state index in [9.17, 15) is 4.79 Å². The highest BCUT2D eigenvalue weighted by molar-refractivity contribution is 6.20. The van der Waals surface area contributed by atoms with Crippen LogP contribution in [0.15, 0.2) is 0 Å². The number of carbonyl (C=O) groups excluding carboxylic acids is 1. The first-order chi connectivity index (χ1) is 8.16. The zero-order valence-electron chi connectivity index (χ0n) is 11.4. The molecule has 2 nitrogen and oxygen atoms in total. The van der Waals surface area contributed by atoms with Crippen LogP contribution in [-0.4, -0.2) is 17.8 Å². The van der Waals surface area contributed by atoms with Crippen molar-refractivity contribution < 1.29 is 4.79 Å². The lowest BCUT2D eigenvalue weighted by molar-refractivity contribution is -0.121. The predicted molar refractivity (Wildman–Crippen MR) is 75.6 cm³/mol. The molecule has 1 amide bonds. The summed E-state index contributed by atoms with van der Waals surface area (Å²) < 4.78 is 0. The summed E-state index contributed by atoms with van der Waals surface area (Å²) in [7, 11) is 0. The van der Waals surface area contributed by atoms with Crippen LogP contribution in [0.5, 0.6) is 0 Å². The molecule has 0 aliphatic carbocycles. The van der Waals surface area contributed by atoms with E-state index in [1.165, 1.54) is 32.1 Å². The minimum Gasteiger partial charge on any atom is -0.356 e. The van der Waals surface area contributed by atoms with Gasteiger partial charge in [0.1, 0.15) is 0 Å². The molecule has 17 heavy (non-hydrogen) atoms. The standard InChI is InChI=1S/C14H28ClNO/c1-3-4-5-6-7-8-11-14(17)16-12-9-10-13(2)15/h13H,3-12H2,1-2H3,(H,16,17). The van der Waals surface area contributed by atoms with E-state index in [1.54, 1.807) is 0 Å². The highest BCUT2D eigenvalue weighted by Crippen LogP contribution is 2.07. The van der Waals surface area contributed by atoms with Crippen LogP contribution in [0, 0.1) is 0 Å². The highest BCUT2D eigenvalue weighted by Gasteiger charge is 2.01. The quantitative estimate of drug-likeness (QED) is 0.437. The molecule has 0 aliphatic rings. The molecule has 0 aromatic carbocycles. The first kappa shape index (κ1) is 16.8. The monoisotopic (exact) mass is 261 g/mol. The van der Waals surface area contributed by atoms with E-state index in [2.05, 4.69) is 12.2 Å². The van der Waals surface area contributed by atoms with Crippen molar-refractivity contribution in [2.75, 3.05) is 6.54 Å². The first-order valence-corrected chi connectivity index (χ1v) is 7.51. The number of nitrogens with one attached hydrogen (secondary N) is 1. The normalized spacial score (nSPS) is 12.4. The van der Waals surface area contributed by atoms with Gasteiger partial charge in [-0.1, -0.05) is 39.0 Å². The molecule has 0 spiro atoms. The van der Waals surface area contributed by atoms with Gasteiger partial charge < -0.3 is 5.32 Å². The summed E-state index contributed by atoms with van der Waals surface area (Å²) in [5, 5.41) is 3.16. The Hall–Kier alpha value is -0.240.